The van der Waals surface area contributed by atoms with Gasteiger partial charge in [-0.2, -0.15) is 0 Å². The van der Waals surface area contributed by atoms with Crippen molar-refractivity contribution in [2.45, 2.75) is 39.5 Å². The Morgan fingerprint density at radius 1 is 1.46 bits per heavy atom. The van der Waals surface area contributed by atoms with Crippen LogP contribution < -0.4 is 0 Å². The van der Waals surface area contributed by atoms with Crippen LogP contribution in [-0.2, 0) is 9.09 Å². The highest BCUT2D eigenvalue weighted by Gasteiger charge is 2.22. The number of hydrogen-bond acceptors (Lipinski definition) is 2. The topological polar surface area (TPSA) is 46.5 Å². The molecule has 13 heavy (non-hydrogen) atoms. The summed E-state index contributed by atoms with van der Waals surface area (Å²) in [7, 11) is -1.99. The molecule has 0 fully saturated rings. The quantitative estimate of drug-likeness (QED) is 0.654. The molecule has 0 aromatic heterocycles. The van der Waals surface area contributed by atoms with Gasteiger partial charge in [-0.25, -0.2) is 0 Å². The van der Waals surface area contributed by atoms with Gasteiger partial charge in [0.2, 0.25) is 0 Å². The van der Waals surface area contributed by atoms with Crippen molar-refractivity contribution in [1.82, 2.24) is 0 Å². The minimum atomic E-state index is -3.29. The Morgan fingerprint density at radius 2 is 2.08 bits per heavy atom. The third-order valence-electron chi connectivity index (χ3n) is 2.32. The van der Waals surface area contributed by atoms with E-state index in [1.54, 1.807) is 0 Å². The predicted octanol–water partition coefficient (Wildman–Crippen LogP) is 3.03. The van der Waals surface area contributed by atoms with E-state index in [-0.39, 0.29) is 0 Å². The van der Waals surface area contributed by atoms with Crippen molar-refractivity contribution in [2.75, 3.05) is 13.3 Å². The van der Waals surface area contributed by atoms with E-state index >= 15 is 0 Å². The first-order valence-corrected chi connectivity index (χ1v) is 6.69. The first-order valence-electron chi connectivity index (χ1n) is 4.93. The molecule has 0 aromatic carbocycles. The minimum absolute atomic E-state index is 0.306. The Labute approximate surface area is 81.0 Å². The van der Waals surface area contributed by atoms with Crippen LogP contribution in [-0.4, -0.2) is 18.2 Å². The zero-order valence-corrected chi connectivity index (χ0v) is 9.72. The fourth-order valence-corrected chi connectivity index (χ4v) is 2.56. The summed E-state index contributed by atoms with van der Waals surface area (Å²) in [5, 5.41) is 0. The highest BCUT2D eigenvalue weighted by atomic mass is 31.2. The second-order valence-electron chi connectivity index (χ2n) is 3.42. The van der Waals surface area contributed by atoms with Crippen molar-refractivity contribution in [1.29, 1.82) is 0 Å². The average molecular weight is 208 g/mol. The molecule has 0 aliphatic rings. The predicted molar refractivity (Wildman–Crippen MR) is 55.0 cm³/mol. The van der Waals surface area contributed by atoms with Gasteiger partial charge in [0.15, 0.2) is 0 Å². The van der Waals surface area contributed by atoms with Crippen molar-refractivity contribution < 1.29 is 14.0 Å². The molecule has 0 saturated carbocycles. The van der Waals surface area contributed by atoms with E-state index in [0.717, 1.165) is 25.7 Å². The van der Waals surface area contributed by atoms with Gasteiger partial charge in [-0.05, 0) is 12.3 Å². The highest BCUT2D eigenvalue weighted by Crippen LogP contribution is 2.44. The van der Waals surface area contributed by atoms with Crippen LogP contribution in [0.15, 0.2) is 0 Å². The molecule has 1 N–H and O–H groups in total. The van der Waals surface area contributed by atoms with Crippen LogP contribution in [0.2, 0.25) is 0 Å². The maximum absolute atomic E-state index is 11.2. The van der Waals surface area contributed by atoms with Crippen LogP contribution in [0.25, 0.3) is 0 Å². The van der Waals surface area contributed by atoms with Gasteiger partial charge in [0.1, 0.15) is 0 Å². The van der Waals surface area contributed by atoms with E-state index in [9.17, 15) is 9.46 Å². The molecule has 0 aliphatic heterocycles. The van der Waals surface area contributed by atoms with Crippen LogP contribution >= 0.6 is 7.60 Å². The lowest BCUT2D eigenvalue weighted by Crippen LogP contribution is -2.06. The molecule has 2 atom stereocenters. The van der Waals surface area contributed by atoms with Crippen molar-refractivity contribution in [3.05, 3.63) is 0 Å². The number of unbranched alkanes of at least 4 members (excludes halogenated alkanes) is 1. The Hall–Kier alpha value is 0.150. The summed E-state index contributed by atoms with van der Waals surface area (Å²) in [6.45, 7) is 4.18. The first kappa shape index (κ1) is 13.2. The SMILES string of the molecule is CCCCC(CC)CP(=O)(O)OC. The summed E-state index contributed by atoms with van der Waals surface area (Å²) in [5.41, 5.74) is 0. The van der Waals surface area contributed by atoms with Crippen molar-refractivity contribution in [3.8, 4) is 0 Å². The summed E-state index contributed by atoms with van der Waals surface area (Å²) in [6.07, 6.45) is 4.55. The van der Waals surface area contributed by atoms with Crippen molar-refractivity contribution >= 4 is 7.60 Å². The molecule has 3 nitrogen and oxygen atoms in total. The molecule has 0 saturated heterocycles. The largest absolute Gasteiger partial charge is 0.328 e. The number of rotatable bonds is 7. The third-order valence-corrected chi connectivity index (χ3v) is 3.87. The normalized spacial score (nSPS) is 18.2. The van der Waals surface area contributed by atoms with Crippen molar-refractivity contribution in [3.63, 3.8) is 0 Å². The lowest BCUT2D eigenvalue weighted by molar-refractivity contribution is 0.304. The standard InChI is InChI=1S/C9H21O3P/c1-4-6-7-9(5-2)8-13(10,11)12-3/h9H,4-8H2,1-3H3,(H,10,11). The molecule has 0 radical (unpaired) electrons. The van der Waals surface area contributed by atoms with Crippen LogP contribution in [0.1, 0.15) is 39.5 Å². The molecule has 0 rings (SSSR count). The second-order valence-corrected chi connectivity index (χ2v) is 5.42. The Balaban J connectivity index is 3.90. The molecule has 0 aromatic rings. The molecule has 0 aliphatic carbocycles. The van der Waals surface area contributed by atoms with Crippen LogP contribution in [0.5, 0.6) is 0 Å². The van der Waals surface area contributed by atoms with E-state index in [1.165, 1.54) is 7.11 Å². The Morgan fingerprint density at radius 3 is 2.46 bits per heavy atom. The zero-order valence-electron chi connectivity index (χ0n) is 8.82. The molecule has 0 heterocycles. The van der Waals surface area contributed by atoms with Crippen LogP contribution in [0.3, 0.4) is 0 Å². The van der Waals surface area contributed by atoms with Gasteiger partial charge in [-0.1, -0.05) is 33.1 Å². The number of hydrogen-bond donors (Lipinski definition) is 1. The van der Waals surface area contributed by atoms with E-state index in [4.69, 9.17) is 0 Å². The summed E-state index contributed by atoms with van der Waals surface area (Å²) < 4.78 is 15.8. The second kappa shape index (κ2) is 6.58. The summed E-state index contributed by atoms with van der Waals surface area (Å²) >= 11 is 0. The monoisotopic (exact) mass is 208 g/mol. The van der Waals surface area contributed by atoms with E-state index in [0.29, 0.717) is 12.1 Å². The molecule has 0 spiro atoms. The molecule has 2 unspecified atom stereocenters. The molecule has 0 bridgehead atoms. The lowest BCUT2D eigenvalue weighted by Gasteiger charge is -2.17. The highest BCUT2D eigenvalue weighted by molar-refractivity contribution is 7.52. The maximum Gasteiger partial charge on any atom is 0.328 e. The van der Waals surface area contributed by atoms with Crippen molar-refractivity contribution in [2.24, 2.45) is 5.92 Å². The fourth-order valence-electron chi connectivity index (χ4n) is 1.32. The molecule has 0 amide bonds. The maximum atomic E-state index is 11.2. The third kappa shape index (κ3) is 6.25. The van der Waals surface area contributed by atoms with E-state index < -0.39 is 7.60 Å². The molecule has 80 valence electrons. The molecule has 4 heteroatoms. The van der Waals surface area contributed by atoms with Crippen LogP contribution in [0, 0.1) is 5.92 Å². The van der Waals surface area contributed by atoms with Gasteiger partial charge >= 0.3 is 7.60 Å². The Kier molecular flexibility index (Phi) is 6.66. The van der Waals surface area contributed by atoms with Gasteiger partial charge in [0.25, 0.3) is 0 Å². The smallest absolute Gasteiger partial charge is 0.324 e. The van der Waals surface area contributed by atoms with Gasteiger partial charge < -0.3 is 9.42 Å². The van der Waals surface area contributed by atoms with Gasteiger partial charge in [0.05, 0.1) is 6.16 Å². The fraction of sp³-hybridized carbons (Fsp3) is 1.00. The summed E-state index contributed by atoms with van der Waals surface area (Å²) in [6, 6.07) is 0. The van der Waals surface area contributed by atoms with Gasteiger partial charge in [0, 0.05) is 7.11 Å². The van der Waals surface area contributed by atoms with E-state index in [1.807, 2.05) is 0 Å². The molecular weight excluding hydrogens is 187 g/mol. The first-order chi connectivity index (χ1) is 6.05. The molecular formula is C9H21O3P. The Bertz CT molecular complexity index is 170. The summed E-state index contributed by atoms with van der Waals surface area (Å²) in [5.74, 6) is 0.329. The van der Waals surface area contributed by atoms with E-state index in [2.05, 4.69) is 18.4 Å². The van der Waals surface area contributed by atoms with Gasteiger partial charge in [-0.15, -0.1) is 0 Å². The van der Waals surface area contributed by atoms with Crippen LogP contribution in [0.4, 0.5) is 0 Å². The summed E-state index contributed by atoms with van der Waals surface area (Å²) in [4.78, 5) is 9.26. The average Bonchev–Trinajstić information content (AvgIpc) is 2.12. The van der Waals surface area contributed by atoms with Gasteiger partial charge in [-0.3, -0.25) is 4.57 Å². The zero-order chi connectivity index (χ0) is 10.3. The minimum Gasteiger partial charge on any atom is -0.324 e. The lowest BCUT2D eigenvalue weighted by atomic mass is 10.0.